The van der Waals surface area contributed by atoms with Gasteiger partial charge in [0.1, 0.15) is 0 Å². The first-order valence-corrected chi connectivity index (χ1v) is 5.43. The van der Waals surface area contributed by atoms with E-state index >= 15 is 0 Å². The molecule has 0 unspecified atom stereocenters. The van der Waals surface area contributed by atoms with Crippen LogP contribution in [0.15, 0.2) is 12.2 Å². The zero-order chi connectivity index (χ0) is 9.10. The Morgan fingerprint density at radius 1 is 0.923 bits per heavy atom. The van der Waals surface area contributed by atoms with Gasteiger partial charge in [-0.05, 0) is 38.5 Å². The van der Waals surface area contributed by atoms with E-state index < -0.39 is 0 Å². The van der Waals surface area contributed by atoms with E-state index in [1.54, 1.807) is 0 Å². The number of hydrogen-bond donors (Lipinski definition) is 2. The maximum Gasteiger partial charge on any atom is 0.0541 e. The molecule has 0 aromatic carbocycles. The molecule has 0 saturated heterocycles. The van der Waals surface area contributed by atoms with Gasteiger partial charge in [-0.2, -0.15) is 0 Å². The van der Waals surface area contributed by atoms with Crippen molar-refractivity contribution in [3.8, 4) is 0 Å². The highest BCUT2D eigenvalue weighted by atomic mass is 16.3. The van der Waals surface area contributed by atoms with Crippen molar-refractivity contribution in [2.75, 3.05) is 0 Å². The Morgan fingerprint density at radius 2 is 1.54 bits per heavy atom. The van der Waals surface area contributed by atoms with Gasteiger partial charge in [0, 0.05) is 12.1 Å². The zero-order valence-electron chi connectivity index (χ0n) is 8.08. The summed E-state index contributed by atoms with van der Waals surface area (Å²) in [6, 6.07) is 1.34. The standard InChI is InChI=1S/C11H19NO/c13-11-7-5-10(6-8-11)12-9-3-1-2-4-9/h1-2,9-13H,3-8H2. The van der Waals surface area contributed by atoms with E-state index in [1.807, 2.05) is 0 Å². The Balaban J connectivity index is 1.70. The molecular formula is C11H19NO. The van der Waals surface area contributed by atoms with Crippen LogP contribution in [0.4, 0.5) is 0 Å². The summed E-state index contributed by atoms with van der Waals surface area (Å²) >= 11 is 0. The second-order valence-electron chi connectivity index (χ2n) is 4.31. The molecule has 13 heavy (non-hydrogen) atoms. The molecule has 74 valence electrons. The summed E-state index contributed by atoms with van der Waals surface area (Å²) in [5, 5.41) is 13.0. The molecule has 2 rings (SSSR count). The molecule has 2 N–H and O–H groups in total. The van der Waals surface area contributed by atoms with E-state index in [1.165, 1.54) is 12.8 Å². The number of aliphatic hydroxyl groups excluding tert-OH is 1. The van der Waals surface area contributed by atoms with Crippen molar-refractivity contribution in [1.82, 2.24) is 5.32 Å². The van der Waals surface area contributed by atoms with Crippen LogP contribution in [0.3, 0.4) is 0 Å². The lowest BCUT2D eigenvalue weighted by Crippen LogP contribution is -2.40. The maximum atomic E-state index is 9.35. The molecule has 1 fully saturated rings. The van der Waals surface area contributed by atoms with E-state index in [0.29, 0.717) is 12.1 Å². The van der Waals surface area contributed by atoms with Crippen molar-refractivity contribution < 1.29 is 5.11 Å². The normalized spacial score (nSPS) is 35.5. The van der Waals surface area contributed by atoms with Crippen LogP contribution in [-0.4, -0.2) is 23.3 Å². The summed E-state index contributed by atoms with van der Waals surface area (Å²) in [6.45, 7) is 0. The fourth-order valence-electron chi connectivity index (χ4n) is 2.33. The Kier molecular flexibility index (Phi) is 3.01. The van der Waals surface area contributed by atoms with Crippen LogP contribution >= 0.6 is 0 Å². The lowest BCUT2D eigenvalue weighted by molar-refractivity contribution is 0.114. The SMILES string of the molecule is OC1CCC(NC2CC=CC2)CC1. The van der Waals surface area contributed by atoms with Gasteiger partial charge in [0.15, 0.2) is 0 Å². The average molecular weight is 181 g/mol. The average Bonchev–Trinajstić information content (AvgIpc) is 2.62. The van der Waals surface area contributed by atoms with Crippen LogP contribution in [0.5, 0.6) is 0 Å². The van der Waals surface area contributed by atoms with Gasteiger partial charge in [-0.25, -0.2) is 0 Å². The molecule has 0 aromatic heterocycles. The van der Waals surface area contributed by atoms with Gasteiger partial charge in [0.25, 0.3) is 0 Å². The van der Waals surface area contributed by atoms with Gasteiger partial charge in [-0.3, -0.25) is 0 Å². The van der Waals surface area contributed by atoms with Gasteiger partial charge in [-0.1, -0.05) is 12.2 Å². The minimum atomic E-state index is -0.0280. The topological polar surface area (TPSA) is 32.3 Å². The Bertz CT molecular complexity index is 175. The second kappa shape index (κ2) is 4.25. The zero-order valence-corrected chi connectivity index (χ0v) is 8.08. The van der Waals surface area contributed by atoms with Crippen molar-refractivity contribution in [1.29, 1.82) is 0 Å². The maximum absolute atomic E-state index is 9.35. The molecule has 0 bridgehead atoms. The quantitative estimate of drug-likeness (QED) is 0.634. The molecule has 0 aromatic rings. The molecule has 2 heteroatoms. The Morgan fingerprint density at radius 3 is 2.15 bits per heavy atom. The lowest BCUT2D eigenvalue weighted by Gasteiger charge is -2.28. The molecule has 1 saturated carbocycles. The first kappa shape index (κ1) is 9.22. The van der Waals surface area contributed by atoms with Gasteiger partial charge >= 0.3 is 0 Å². The third-order valence-corrected chi connectivity index (χ3v) is 3.18. The van der Waals surface area contributed by atoms with E-state index in [0.717, 1.165) is 25.7 Å². The molecule has 2 aliphatic carbocycles. The van der Waals surface area contributed by atoms with Crippen LogP contribution in [0, 0.1) is 0 Å². The summed E-state index contributed by atoms with van der Waals surface area (Å²) in [4.78, 5) is 0. The molecule has 0 heterocycles. The van der Waals surface area contributed by atoms with E-state index in [2.05, 4.69) is 17.5 Å². The smallest absolute Gasteiger partial charge is 0.0541 e. The Hall–Kier alpha value is -0.340. The Labute approximate surface area is 80.0 Å². The van der Waals surface area contributed by atoms with Crippen LogP contribution < -0.4 is 5.32 Å². The van der Waals surface area contributed by atoms with Gasteiger partial charge in [0.05, 0.1) is 6.10 Å². The van der Waals surface area contributed by atoms with Crippen molar-refractivity contribution >= 4 is 0 Å². The van der Waals surface area contributed by atoms with E-state index in [4.69, 9.17) is 0 Å². The third kappa shape index (κ3) is 2.55. The van der Waals surface area contributed by atoms with E-state index in [-0.39, 0.29) is 6.10 Å². The molecule has 0 spiro atoms. The van der Waals surface area contributed by atoms with Crippen molar-refractivity contribution in [2.24, 2.45) is 0 Å². The fraction of sp³-hybridized carbons (Fsp3) is 0.818. The largest absolute Gasteiger partial charge is 0.393 e. The summed E-state index contributed by atoms with van der Waals surface area (Å²) in [5.41, 5.74) is 0. The number of rotatable bonds is 2. The number of hydrogen-bond acceptors (Lipinski definition) is 2. The predicted octanol–water partition coefficient (Wildman–Crippen LogP) is 1.60. The van der Waals surface area contributed by atoms with Crippen molar-refractivity contribution in [3.05, 3.63) is 12.2 Å². The van der Waals surface area contributed by atoms with Crippen LogP contribution in [0.25, 0.3) is 0 Å². The summed E-state index contributed by atoms with van der Waals surface area (Å²) < 4.78 is 0. The summed E-state index contributed by atoms with van der Waals surface area (Å²) in [6.07, 6.45) is 11.1. The summed E-state index contributed by atoms with van der Waals surface area (Å²) in [5.74, 6) is 0. The minimum Gasteiger partial charge on any atom is -0.393 e. The number of nitrogens with one attached hydrogen (secondary N) is 1. The molecule has 2 aliphatic rings. The predicted molar refractivity (Wildman–Crippen MR) is 53.6 cm³/mol. The highest BCUT2D eigenvalue weighted by Gasteiger charge is 2.21. The molecule has 0 aliphatic heterocycles. The van der Waals surface area contributed by atoms with Crippen molar-refractivity contribution in [2.45, 2.75) is 56.7 Å². The fourth-order valence-corrected chi connectivity index (χ4v) is 2.33. The molecule has 0 radical (unpaired) electrons. The van der Waals surface area contributed by atoms with Crippen LogP contribution in [-0.2, 0) is 0 Å². The minimum absolute atomic E-state index is 0.0280. The highest BCUT2D eigenvalue weighted by Crippen LogP contribution is 2.20. The van der Waals surface area contributed by atoms with Crippen LogP contribution in [0.2, 0.25) is 0 Å². The van der Waals surface area contributed by atoms with Crippen molar-refractivity contribution in [3.63, 3.8) is 0 Å². The van der Waals surface area contributed by atoms with Gasteiger partial charge in [0.2, 0.25) is 0 Å². The van der Waals surface area contributed by atoms with Gasteiger partial charge < -0.3 is 10.4 Å². The van der Waals surface area contributed by atoms with E-state index in [9.17, 15) is 5.11 Å². The first-order chi connectivity index (χ1) is 6.34. The molecule has 0 amide bonds. The monoisotopic (exact) mass is 181 g/mol. The third-order valence-electron chi connectivity index (χ3n) is 3.18. The first-order valence-electron chi connectivity index (χ1n) is 5.43. The molecular weight excluding hydrogens is 162 g/mol. The lowest BCUT2D eigenvalue weighted by atomic mass is 9.92. The number of aliphatic hydroxyl groups is 1. The highest BCUT2D eigenvalue weighted by molar-refractivity contribution is 4.98. The second-order valence-corrected chi connectivity index (χ2v) is 4.31. The van der Waals surface area contributed by atoms with Crippen LogP contribution in [0.1, 0.15) is 38.5 Å². The van der Waals surface area contributed by atoms with Gasteiger partial charge in [-0.15, -0.1) is 0 Å². The molecule has 2 nitrogen and oxygen atoms in total. The summed E-state index contributed by atoms with van der Waals surface area (Å²) in [7, 11) is 0. The molecule has 0 atom stereocenters.